The van der Waals surface area contributed by atoms with Gasteiger partial charge in [-0.1, -0.05) is 0 Å². The third kappa shape index (κ3) is 6.08. The number of epoxide rings is 4. The van der Waals surface area contributed by atoms with Crippen molar-refractivity contribution in [3.8, 4) is 0 Å². The van der Waals surface area contributed by atoms with E-state index < -0.39 is 23.9 Å². The largest absolute Gasteiger partial charge is 0.459 e. The summed E-state index contributed by atoms with van der Waals surface area (Å²) in [4.78, 5) is 51.2. The van der Waals surface area contributed by atoms with Crippen LogP contribution in [-0.2, 0) is 37.9 Å². The molecule has 0 aromatic heterocycles. The summed E-state index contributed by atoms with van der Waals surface area (Å²) in [6.07, 6.45) is -0.858. The maximum Gasteiger partial charge on any atom is 0.339 e. The molecular formula is C22H22O12. The first-order chi connectivity index (χ1) is 16.5. The van der Waals surface area contributed by atoms with E-state index in [1.165, 1.54) is 0 Å². The Morgan fingerprint density at radius 2 is 0.735 bits per heavy atom. The first-order valence-electron chi connectivity index (χ1n) is 10.8. The molecule has 4 fully saturated rings. The highest BCUT2D eigenvalue weighted by Gasteiger charge is 2.33. The predicted molar refractivity (Wildman–Crippen MR) is 107 cm³/mol. The molecule has 1 aromatic rings. The molecule has 0 N–H and O–H groups in total. The number of carbonyl (C=O) groups is 4. The Morgan fingerprint density at radius 1 is 0.529 bits per heavy atom. The van der Waals surface area contributed by atoms with Gasteiger partial charge in [0, 0.05) is 0 Å². The smallest absolute Gasteiger partial charge is 0.339 e. The standard InChI is InChI=1S/C22H22O12/c23-19(31-7-11-3-27-11)15-1-16(20(24)32-8-12-4-28-12)18(22(26)34-10-14-6-30-14)2-17(15)21(25)33-9-13-5-29-13/h1-2,11-14H,3-10H2/t11-,12-,13+,14+. The lowest BCUT2D eigenvalue weighted by Crippen LogP contribution is -2.23. The second kappa shape index (κ2) is 9.66. The van der Waals surface area contributed by atoms with Gasteiger partial charge in [0.25, 0.3) is 0 Å². The highest BCUT2D eigenvalue weighted by molar-refractivity contribution is 6.10. The molecule has 4 heterocycles. The van der Waals surface area contributed by atoms with Crippen LogP contribution < -0.4 is 0 Å². The molecule has 0 amide bonds. The normalized spacial score (nSPS) is 25.6. The van der Waals surface area contributed by atoms with E-state index in [0.717, 1.165) is 12.1 Å². The Balaban J connectivity index is 1.44. The fourth-order valence-electron chi connectivity index (χ4n) is 2.92. The van der Waals surface area contributed by atoms with Gasteiger partial charge in [-0.2, -0.15) is 0 Å². The minimum atomic E-state index is -0.879. The molecule has 4 aliphatic rings. The molecule has 12 heteroatoms. The first-order valence-corrected chi connectivity index (χ1v) is 10.8. The maximum absolute atomic E-state index is 12.8. The molecule has 5 rings (SSSR count). The van der Waals surface area contributed by atoms with E-state index >= 15 is 0 Å². The summed E-state index contributed by atoms with van der Waals surface area (Å²) in [7, 11) is 0. The minimum Gasteiger partial charge on any atom is -0.459 e. The van der Waals surface area contributed by atoms with Crippen molar-refractivity contribution in [3.05, 3.63) is 34.4 Å². The lowest BCUT2D eigenvalue weighted by molar-refractivity contribution is 0.0414. The zero-order valence-corrected chi connectivity index (χ0v) is 18.0. The summed E-state index contributed by atoms with van der Waals surface area (Å²) in [5.41, 5.74) is -1.00. The molecule has 0 aliphatic carbocycles. The summed E-state index contributed by atoms with van der Waals surface area (Å²) in [6, 6.07) is 2.17. The van der Waals surface area contributed by atoms with E-state index in [1.807, 2.05) is 0 Å². The SMILES string of the molecule is O=C(OC[C@@H]1CO1)c1cc(C(=O)OC[C@@H]2CO2)c(C(=O)OC[C@H]2CO2)cc1C(=O)OC[C@H]1CO1. The van der Waals surface area contributed by atoms with E-state index in [9.17, 15) is 19.2 Å². The van der Waals surface area contributed by atoms with Crippen molar-refractivity contribution in [2.45, 2.75) is 24.4 Å². The second-order valence-electron chi connectivity index (χ2n) is 8.16. The molecule has 12 nitrogen and oxygen atoms in total. The zero-order chi connectivity index (χ0) is 23.7. The predicted octanol–water partition coefficient (Wildman–Crippen LogP) is -0.0910. The molecule has 0 saturated carbocycles. The highest BCUT2D eigenvalue weighted by atomic mass is 16.6. The number of ether oxygens (including phenoxy) is 8. The maximum atomic E-state index is 12.8. The molecule has 4 saturated heterocycles. The van der Waals surface area contributed by atoms with E-state index in [4.69, 9.17) is 37.9 Å². The molecule has 0 spiro atoms. The molecule has 0 unspecified atom stereocenters. The minimum absolute atomic E-state index is 0.0206. The molecule has 34 heavy (non-hydrogen) atoms. The Hall–Kier alpha value is -3.06. The van der Waals surface area contributed by atoms with Crippen molar-refractivity contribution in [2.24, 2.45) is 0 Å². The second-order valence-corrected chi connectivity index (χ2v) is 8.16. The Kier molecular flexibility index (Phi) is 6.46. The van der Waals surface area contributed by atoms with Gasteiger partial charge in [0.15, 0.2) is 0 Å². The van der Waals surface area contributed by atoms with Crippen LogP contribution in [0.5, 0.6) is 0 Å². The monoisotopic (exact) mass is 478 g/mol. The van der Waals surface area contributed by atoms with Crippen LogP contribution in [-0.4, -0.2) is 101 Å². The Bertz CT molecular complexity index is 834. The van der Waals surface area contributed by atoms with Gasteiger partial charge in [-0.25, -0.2) is 19.2 Å². The van der Waals surface area contributed by atoms with E-state index in [-0.39, 0.29) is 73.1 Å². The van der Waals surface area contributed by atoms with Gasteiger partial charge in [-0.05, 0) is 12.1 Å². The number of hydrogen-bond donors (Lipinski definition) is 0. The summed E-state index contributed by atoms with van der Waals surface area (Å²) in [5.74, 6) is -3.51. The zero-order valence-electron chi connectivity index (χ0n) is 18.0. The van der Waals surface area contributed by atoms with E-state index in [1.54, 1.807) is 0 Å². The van der Waals surface area contributed by atoms with Crippen LogP contribution in [0.2, 0.25) is 0 Å². The third-order valence-corrected chi connectivity index (χ3v) is 5.25. The molecule has 1 aromatic carbocycles. The fraction of sp³-hybridized carbons (Fsp3) is 0.545. The van der Waals surface area contributed by atoms with Gasteiger partial charge in [0.2, 0.25) is 0 Å². The molecule has 0 radical (unpaired) electrons. The Labute approximate surface area is 193 Å². The number of esters is 4. The van der Waals surface area contributed by atoms with Crippen LogP contribution in [0.15, 0.2) is 12.1 Å². The number of carbonyl (C=O) groups excluding carboxylic acids is 4. The number of rotatable bonds is 12. The van der Waals surface area contributed by atoms with Gasteiger partial charge < -0.3 is 37.9 Å². The molecule has 182 valence electrons. The summed E-state index contributed by atoms with van der Waals surface area (Å²) < 4.78 is 41.0. The van der Waals surface area contributed by atoms with Crippen molar-refractivity contribution in [1.29, 1.82) is 0 Å². The fourth-order valence-corrected chi connectivity index (χ4v) is 2.92. The number of hydrogen-bond acceptors (Lipinski definition) is 12. The van der Waals surface area contributed by atoms with Gasteiger partial charge in [-0.3, -0.25) is 0 Å². The van der Waals surface area contributed by atoms with Crippen molar-refractivity contribution in [3.63, 3.8) is 0 Å². The van der Waals surface area contributed by atoms with Crippen molar-refractivity contribution < 1.29 is 57.1 Å². The van der Waals surface area contributed by atoms with E-state index in [0.29, 0.717) is 26.4 Å². The van der Waals surface area contributed by atoms with E-state index in [2.05, 4.69) is 0 Å². The first kappa shape index (κ1) is 22.7. The van der Waals surface area contributed by atoms with Crippen molar-refractivity contribution >= 4 is 23.9 Å². The van der Waals surface area contributed by atoms with Crippen molar-refractivity contribution in [2.75, 3.05) is 52.9 Å². The lowest BCUT2D eigenvalue weighted by Gasteiger charge is -2.14. The third-order valence-electron chi connectivity index (χ3n) is 5.25. The highest BCUT2D eigenvalue weighted by Crippen LogP contribution is 2.24. The molecule has 0 bridgehead atoms. The number of benzene rings is 1. The lowest BCUT2D eigenvalue weighted by atomic mass is 9.98. The van der Waals surface area contributed by atoms with Crippen LogP contribution in [0, 0.1) is 0 Å². The topological polar surface area (TPSA) is 155 Å². The van der Waals surface area contributed by atoms with Gasteiger partial charge in [-0.15, -0.1) is 0 Å². The van der Waals surface area contributed by atoms with Crippen LogP contribution in [0.4, 0.5) is 0 Å². The van der Waals surface area contributed by atoms with Crippen molar-refractivity contribution in [1.82, 2.24) is 0 Å². The van der Waals surface area contributed by atoms with Crippen LogP contribution in [0.3, 0.4) is 0 Å². The Morgan fingerprint density at radius 3 is 0.912 bits per heavy atom. The summed E-state index contributed by atoms with van der Waals surface area (Å²) >= 11 is 0. The van der Waals surface area contributed by atoms with Crippen LogP contribution >= 0.6 is 0 Å². The molecule has 4 aliphatic heterocycles. The van der Waals surface area contributed by atoms with Gasteiger partial charge in [0.05, 0.1) is 48.7 Å². The average Bonchev–Trinajstić information content (AvgIpc) is 3.65. The van der Waals surface area contributed by atoms with Crippen LogP contribution in [0.1, 0.15) is 41.4 Å². The van der Waals surface area contributed by atoms with Gasteiger partial charge >= 0.3 is 23.9 Å². The quantitative estimate of drug-likeness (QED) is 0.224. The van der Waals surface area contributed by atoms with Crippen LogP contribution in [0.25, 0.3) is 0 Å². The average molecular weight is 478 g/mol. The summed E-state index contributed by atoms with van der Waals surface area (Å²) in [6.45, 7) is 1.75. The van der Waals surface area contributed by atoms with Gasteiger partial charge in [0.1, 0.15) is 50.8 Å². The molecular weight excluding hydrogens is 456 g/mol. The summed E-state index contributed by atoms with van der Waals surface area (Å²) in [5, 5.41) is 0. The molecule has 4 atom stereocenters.